The van der Waals surface area contributed by atoms with Gasteiger partial charge in [-0.2, -0.15) is 4.31 Å². The lowest BCUT2D eigenvalue weighted by Gasteiger charge is -2.21. The van der Waals surface area contributed by atoms with Crippen molar-refractivity contribution < 1.29 is 13.2 Å². The fourth-order valence-electron chi connectivity index (χ4n) is 3.81. The van der Waals surface area contributed by atoms with Crippen LogP contribution in [-0.4, -0.2) is 31.7 Å². The third kappa shape index (κ3) is 5.06. The quantitative estimate of drug-likeness (QED) is 0.790. The predicted molar refractivity (Wildman–Crippen MR) is 115 cm³/mol. The van der Waals surface area contributed by atoms with E-state index in [1.165, 1.54) is 6.07 Å². The van der Waals surface area contributed by atoms with Crippen LogP contribution in [0.1, 0.15) is 65.7 Å². The van der Waals surface area contributed by atoms with Gasteiger partial charge in [-0.05, 0) is 62.9 Å². The van der Waals surface area contributed by atoms with Crippen LogP contribution in [0, 0.1) is 13.8 Å². The van der Waals surface area contributed by atoms with Gasteiger partial charge >= 0.3 is 0 Å². The summed E-state index contributed by atoms with van der Waals surface area (Å²) in [7, 11) is -3.58. The van der Waals surface area contributed by atoms with Gasteiger partial charge in [0.05, 0.1) is 10.9 Å². The van der Waals surface area contributed by atoms with Crippen LogP contribution >= 0.6 is 0 Å². The largest absolute Gasteiger partial charge is 0.346 e. The summed E-state index contributed by atoms with van der Waals surface area (Å²) in [6, 6.07) is 12.4. The van der Waals surface area contributed by atoms with Crippen molar-refractivity contribution in [1.29, 1.82) is 0 Å². The second kappa shape index (κ2) is 9.09. The Hall–Kier alpha value is -2.18. The van der Waals surface area contributed by atoms with Crippen LogP contribution in [0.3, 0.4) is 0 Å². The Labute approximate surface area is 174 Å². The zero-order valence-corrected chi connectivity index (χ0v) is 18.3. The summed E-state index contributed by atoms with van der Waals surface area (Å²) in [4.78, 5) is 13.0. The molecular formula is C23H30N2O3S. The maximum atomic E-state index is 13.0. The van der Waals surface area contributed by atoms with Crippen LogP contribution in [0.5, 0.6) is 0 Å². The number of sulfonamides is 1. The molecule has 0 aliphatic carbocycles. The van der Waals surface area contributed by atoms with Crippen molar-refractivity contribution in [2.75, 3.05) is 13.1 Å². The molecule has 3 rings (SSSR count). The van der Waals surface area contributed by atoms with E-state index in [-0.39, 0.29) is 16.8 Å². The van der Waals surface area contributed by atoms with E-state index in [4.69, 9.17) is 0 Å². The first kappa shape index (κ1) is 21.5. The highest BCUT2D eigenvalue weighted by Crippen LogP contribution is 2.22. The van der Waals surface area contributed by atoms with Gasteiger partial charge in [0.1, 0.15) is 0 Å². The predicted octanol–water partition coefficient (Wildman–Crippen LogP) is 4.36. The van der Waals surface area contributed by atoms with Gasteiger partial charge in [-0.3, -0.25) is 4.79 Å². The number of hydrogen-bond acceptors (Lipinski definition) is 3. The fraction of sp³-hybridized carbons (Fsp3) is 0.435. The normalized spacial score (nSPS) is 16.8. The maximum absolute atomic E-state index is 13.0. The lowest BCUT2D eigenvalue weighted by Crippen LogP contribution is -2.32. The van der Waals surface area contributed by atoms with Gasteiger partial charge in [-0.1, -0.05) is 42.7 Å². The number of carbonyl (C=O) groups is 1. The summed E-state index contributed by atoms with van der Waals surface area (Å²) < 4.78 is 27.6. The molecule has 0 spiro atoms. The second-order valence-corrected chi connectivity index (χ2v) is 9.84. The molecule has 2 aromatic carbocycles. The average Bonchev–Trinajstić information content (AvgIpc) is 3.00. The van der Waals surface area contributed by atoms with E-state index >= 15 is 0 Å². The van der Waals surface area contributed by atoms with E-state index in [2.05, 4.69) is 11.4 Å². The van der Waals surface area contributed by atoms with Gasteiger partial charge < -0.3 is 5.32 Å². The van der Waals surface area contributed by atoms with Crippen LogP contribution in [0.4, 0.5) is 0 Å². The average molecular weight is 415 g/mol. The fourth-order valence-corrected chi connectivity index (χ4v) is 5.38. The Morgan fingerprint density at radius 2 is 1.69 bits per heavy atom. The Morgan fingerprint density at radius 3 is 2.38 bits per heavy atom. The van der Waals surface area contributed by atoms with Crippen molar-refractivity contribution in [3.05, 3.63) is 64.7 Å². The minimum absolute atomic E-state index is 0.173. The van der Waals surface area contributed by atoms with Gasteiger partial charge in [-0.25, -0.2) is 8.42 Å². The molecule has 6 heteroatoms. The van der Waals surface area contributed by atoms with Gasteiger partial charge in [0.15, 0.2) is 0 Å². The lowest BCUT2D eigenvalue weighted by atomic mass is 10.00. The lowest BCUT2D eigenvalue weighted by molar-refractivity contribution is 0.0939. The number of benzene rings is 2. The smallest absolute Gasteiger partial charge is 0.251 e. The standard InChI is InChI=1S/C23H30N2O3S/c1-17-11-12-18(2)22(15-17)19(3)24-23(26)20-9-8-10-21(16-20)29(27,28)25-13-6-4-5-7-14-25/h8-12,15-16,19H,4-7,13-14H2,1-3H3,(H,24,26)/t19-/m0/s1. The molecule has 0 radical (unpaired) electrons. The van der Waals surface area contributed by atoms with Crippen molar-refractivity contribution in [1.82, 2.24) is 9.62 Å². The molecule has 0 bridgehead atoms. The van der Waals surface area contributed by atoms with Crippen molar-refractivity contribution >= 4 is 15.9 Å². The van der Waals surface area contributed by atoms with Crippen LogP contribution in [0.2, 0.25) is 0 Å². The monoisotopic (exact) mass is 414 g/mol. The second-order valence-electron chi connectivity index (χ2n) is 7.90. The van der Waals surface area contributed by atoms with Gasteiger partial charge in [-0.15, -0.1) is 0 Å². The van der Waals surface area contributed by atoms with E-state index in [9.17, 15) is 13.2 Å². The van der Waals surface area contributed by atoms with Crippen molar-refractivity contribution in [3.63, 3.8) is 0 Å². The molecule has 2 aromatic rings. The zero-order chi connectivity index (χ0) is 21.0. The summed E-state index contributed by atoms with van der Waals surface area (Å²) in [6.45, 7) is 7.07. The molecule has 0 aromatic heterocycles. The van der Waals surface area contributed by atoms with Crippen LogP contribution in [0.25, 0.3) is 0 Å². The number of aryl methyl sites for hydroxylation is 2. The molecule has 1 amide bonds. The summed E-state index contributed by atoms with van der Waals surface area (Å²) >= 11 is 0. The molecule has 0 saturated carbocycles. The van der Waals surface area contributed by atoms with Crippen molar-refractivity contribution in [2.45, 2.75) is 57.4 Å². The molecule has 1 saturated heterocycles. The molecular weight excluding hydrogens is 384 g/mol. The Kier molecular flexibility index (Phi) is 6.75. The molecule has 0 unspecified atom stereocenters. The number of carbonyl (C=O) groups excluding carboxylic acids is 1. The molecule has 1 heterocycles. The topological polar surface area (TPSA) is 66.5 Å². The minimum Gasteiger partial charge on any atom is -0.346 e. The third-order valence-electron chi connectivity index (χ3n) is 5.55. The van der Waals surface area contributed by atoms with Gasteiger partial charge in [0, 0.05) is 18.7 Å². The maximum Gasteiger partial charge on any atom is 0.251 e. The summed E-state index contributed by atoms with van der Waals surface area (Å²) in [5.41, 5.74) is 3.67. The molecule has 156 valence electrons. The molecule has 5 nitrogen and oxygen atoms in total. The van der Waals surface area contributed by atoms with E-state index in [0.29, 0.717) is 18.7 Å². The van der Waals surface area contributed by atoms with Crippen LogP contribution < -0.4 is 5.32 Å². The molecule has 29 heavy (non-hydrogen) atoms. The van der Waals surface area contributed by atoms with Gasteiger partial charge in [0.25, 0.3) is 5.91 Å². The number of nitrogens with one attached hydrogen (secondary N) is 1. The number of rotatable bonds is 5. The Bertz CT molecular complexity index is 977. The van der Waals surface area contributed by atoms with Crippen LogP contribution in [-0.2, 0) is 10.0 Å². The molecule has 1 atom stereocenters. The highest BCUT2D eigenvalue weighted by atomic mass is 32.2. The number of amides is 1. The third-order valence-corrected chi connectivity index (χ3v) is 7.44. The first-order valence-corrected chi connectivity index (χ1v) is 11.7. The molecule has 1 N–H and O–H groups in total. The van der Waals surface area contributed by atoms with E-state index < -0.39 is 10.0 Å². The van der Waals surface area contributed by atoms with Crippen molar-refractivity contribution in [2.24, 2.45) is 0 Å². The first-order chi connectivity index (χ1) is 13.8. The van der Waals surface area contributed by atoms with E-state index in [1.54, 1.807) is 22.5 Å². The Morgan fingerprint density at radius 1 is 1.00 bits per heavy atom. The molecule has 1 aliphatic rings. The molecule has 1 aliphatic heterocycles. The summed E-state index contributed by atoms with van der Waals surface area (Å²) in [5, 5.41) is 3.00. The van der Waals surface area contributed by atoms with Crippen molar-refractivity contribution in [3.8, 4) is 0 Å². The summed E-state index contributed by atoms with van der Waals surface area (Å²) in [6.07, 6.45) is 3.88. The van der Waals surface area contributed by atoms with Gasteiger partial charge in [0.2, 0.25) is 10.0 Å². The minimum atomic E-state index is -3.58. The zero-order valence-electron chi connectivity index (χ0n) is 17.4. The SMILES string of the molecule is Cc1ccc(C)c([C@H](C)NC(=O)c2cccc(S(=O)(=O)N3CCCCCC3)c2)c1. The summed E-state index contributed by atoms with van der Waals surface area (Å²) in [5.74, 6) is -0.272. The van der Waals surface area contributed by atoms with Crippen LogP contribution in [0.15, 0.2) is 47.4 Å². The Balaban J connectivity index is 1.79. The highest BCUT2D eigenvalue weighted by molar-refractivity contribution is 7.89. The number of hydrogen-bond donors (Lipinski definition) is 1. The number of nitrogens with zero attached hydrogens (tertiary/aromatic N) is 1. The molecule has 1 fully saturated rings. The highest BCUT2D eigenvalue weighted by Gasteiger charge is 2.26. The van der Waals surface area contributed by atoms with E-state index in [1.807, 2.05) is 32.9 Å². The van der Waals surface area contributed by atoms with E-state index in [0.717, 1.165) is 42.4 Å². The first-order valence-electron chi connectivity index (χ1n) is 10.3.